The van der Waals surface area contributed by atoms with Crippen LogP contribution in [0.4, 0.5) is 10.1 Å². The van der Waals surface area contributed by atoms with Gasteiger partial charge >= 0.3 is 0 Å². The zero-order valence-electron chi connectivity index (χ0n) is 21.2. The third-order valence-electron chi connectivity index (χ3n) is 7.33. The second-order valence-corrected chi connectivity index (χ2v) is 10.5. The molecule has 0 aromatic heterocycles. The SMILES string of the molecule is CN(CCO)C(=O)c1ccc(NC2CN(C3CCN(C(=O)[C@@](C)(O)c4cccc(F)c4)CC3)C2)cc1Cl. The van der Waals surface area contributed by atoms with Crippen molar-refractivity contribution in [1.29, 1.82) is 0 Å². The first kappa shape index (κ1) is 27.3. The first-order chi connectivity index (χ1) is 17.6. The summed E-state index contributed by atoms with van der Waals surface area (Å²) in [6.45, 7) is 4.35. The zero-order chi connectivity index (χ0) is 26.7. The third kappa shape index (κ3) is 6.06. The standard InChI is InChI=1S/C27H34ClFN4O4/c1-27(37,18-4-3-5-19(29)14-18)26(36)32-10-8-22(9-11-32)33-16-21(17-33)30-20-6-7-23(24(28)15-20)25(35)31(2)12-13-34/h3-7,14-15,21-22,30,34,37H,8-13,16-17H2,1-2H3/t27-/m0/s1. The smallest absolute Gasteiger partial charge is 0.258 e. The van der Waals surface area contributed by atoms with Crippen molar-refractivity contribution in [2.45, 2.75) is 37.5 Å². The van der Waals surface area contributed by atoms with Gasteiger partial charge < -0.3 is 25.3 Å². The zero-order valence-corrected chi connectivity index (χ0v) is 21.9. The van der Waals surface area contributed by atoms with Crippen LogP contribution in [0.1, 0.15) is 35.7 Å². The Morgan fingerprint density at radius 1 is 1.19 bits per heavy atom. The van der Waals surface area contributed by atoms with E-state index < -0.39 is 17.3 Å². The number of amides is 2. The molecule has 2 heterocycles. The Morgan fingerprint density at radius 3 is 2.51 bits per heavy atom. The van der Waals surface area contributed by atoms with E-state index in [2.05, 4.69) is 10.2 Å². The van der Waals surface area contributed by atoms with E-state index in [1.165, 1.54) is 30.0 Å². The van der Waals surface area contributed by atoms with Gasteiger partial charge in [-0.25, -0.2) is 4.39 Å². The van der Waals surface area contributed by atoms with Gasteiger partial charge in [-0.05, 0) is 55.7 Å². The molecule has 4 rings (SSSR count). The molecule has 37 heavy (non-hydrogen) atoms. The van der Waals surface area contributed by atoms with E-state index in [0.29, 0.717) is 29.7 Å². The van der Waals surface area contributed by atoms with Crippen molar-refractivity contribution in [2.75, 3.05) is 51.7 Å². The number of benzene rings is 2. The molecule has 0 saturated carbocycles. The summed E-state index contributed by atoms with van der Waals surface area (Å²) >= 11 is 6.35. The predicted octanol–water partition coefficient (Wildman–Crippen LogP) is 2.54. The maximum Gasteiger partial charge on any atom is 0.258 e. The minimum Gasteiger partial charge on any atom is -0.395 e. The molecule has 0 spiro atoms. The molecule has 2 aromatic rings. The van der Waals surface area contributed by atoms with Crippen LogP contribution in [0.3, 0.4) is 0 Å². The highest BCUT2D eigenvalue weighted by Gasteiger charge is 2.40. The molecule has 200 valence electrons. The summed E-state index contributed by atoms with van der Waals surface area (Å²) in [6, 6.07) is 11.4. The number of hydrogen-bond donors (Lipinski definition) is 3. The lowest BCUT2D eigenvalue weighted by Crippen LogP contribution is -2.61. The second-order valence-electron chi connectivity index (χ2n) is 10.0. The summed E-state index contributed by atoms with van der Waals surface area (Å²) in [5.74, 6) is -1.12. The number of hydrogen-bond acceptors (Lipinski definition) is 6. The fraction of sp³-hybridized carbons (Fsp3) is 0.481. The Bertz CT molecular complexity index is 1130. The summed E-state index contributed by atoms with van der Waals surface area (Å²) in [7, 11) is 1.62. The predicted molar refractivity (Wildman–Crippen MR) is 140 cm³/mol. The number of aliphatic hydroxyl groups is 2. The number of likely N-dealkylation sites (N-methyl/N-ethyl adjacent to an activating group) is 1. The molecule has 2 aromatic carbocycles. The van der Waals surface area contributed by atoms with Crippen molar-refractivity contribution in [3.8, 4) is 0 Å². The molecule has 0 bridgehead atoms. The van der Waals surface area contributed by atoms with Crippen molar-refractivity contribution >= 4 is 29.1 Å². The second kappa shape index (κ2) is 11.3. The maximum absolute atomic E-state index is 13.6. The summed E-state index contributed by atoms with van der Waals surface area (Å²) in [5, 5.41) is 23.7. The van der Waals surface area contributed by atoms with Crippen LogP contribution in [-0.4, -0.2) is 95.2 Å². The van der Waals surface area contributed by atoms with E-state index in [4.69, 9.17) is 16.7 Å². The molecule has 0 unspecified atom stereocenters. The number of rotatable bonds is 8. The molecule has 2 saturated heterocycles. The Balaban J connectivity index is 1.25. The summed E-state index contributed by atoms with van der Waals surface area (Å²) in [5.41, 5.74) is -0.269. The van der Waals surface area contributed by atoms with Gasteiger partial charge in [0.05, 0.1) is 23.2 Å². The molecule has 2 aliphatic heterocycles. The number of nitrogens with zero attached hydrogens (tertiary/aromatic N) is 3. The van der Waals surface area contributed by atoms with Crippen LogP contribution < -0.4 is 5.32 Å². The van der Waals surface area contributed by atoms with E-state index in [0.717, 1.165) is 31.6 Å². The van der Waals surface area contributed by atoms with Gasteiger partial charge in [-0.3, -0.25) is 14.5 Å². The minimum absolute atomic E-state index is 0.108. The van der Waals surface area contributed by atoms with Crippen molar-refractivity contribution in [2.24, 2.45) is 0 Å². The first-order valence-electron chi connectivity index (χ1n) is 12.5. The molecule has 10 heteroatoms. The number of aliphatic hydroxyl groups excluding tert-OH is 1. The highest BCUT2D eigenvalue weighted by atomic mass is 35.5. The molecule has 0 aliphatic carbocycles. The molecule has 2 amide bonds. The van der Waals surface area contributed by atoms with Gasteiger partial charge in [0.25, 0.3) is 11.8 Å². The van der Waals surface area contributed by atoms with Crippen LogP contribution in [0.5, 0.6) is 0 Å². The lowest BCUT2D eigenvalue weighted by atomic mass is 9.92. The fourth-order valence-electron chi connectivity index (χ4n) is 5.03. The Kier molecular flexibility index (Phi) is 8.38. The fourth-order valence-corrected chi connectivity index (χ4v) is 5.29. The molecule has 2 aliphatic rings. The Labute approximate surface area is 221 Å². The monoisotopic (exact) mass is 532 g/mol. The number of carbonyl (C=O) groups excluding carboxylic acids is 2. The number of halogens is 2. The lowest BCUT2D eigenvalue weighted by molar-refractivity contribution is -0.152. The van der Waals surface area contributed by atoms with Crippen LogP contribution in [-0.2, 0) is 10.4 Å². The molecular weight excluding hydrogens is 499 g/mol. The highest BCUT2D eigenvalue weighted by molar-refractivity contribution is 6.34. The molecule has 0 radical (unpaired) electrons. The maximum atomic E-state index is 13.6. The van der Waals surface area contributed by atoms with Gasteiger partial charge in [-0.15, -0.1) is 0 Å². The number of piperidine rings is 1. The van der Waals surface area contributed by atoms with Crippen LogP contribution in [0.15, 0.2) is 42.5 Å². The molecular formula is C27H34ClFN4O4. The van der Waals surface area contributed by atoms with Crippen molar-refractivity contribution < 1.29 is 24.2 Å². The van der Waals surface area contributed by atoms with Crippen molar-refractivity contribution in [3.05, 3.63) is 64.4 Å². The van der Waals surface area contributed by atoms with Gasteiger partial charge in [-0.2, -0.15) is 0 Å². The first-order valence-corrected chi connectivity index (χ1v) is 12.9. The summed E-state index contributed by atoms with van der Waals surface area (Å²) in [6.07, 6.45) is 1.61. The summed E-state index contributed by atoms with van der Waals surface area (Å²) in [4.78, 5) is 30.9. The van der Waals surface area contributed by atoms with Gasteiger partial charge in [0.2, 0.25) is 0 Å². The van der Waals surface area contributed by atoms with E-state index in [1.54, 1.807) is 30.1 Å². The average Bonchev–Trinajstić information content (AvgIpc) is 2.85. The number of likely N-dealkylation sites (tertiary alicyclic amines) is 2. The third-order valence-corrected chi connectivity index (χ3v) is 7.65. The highest BCUT2D eigenvalue weighted by Crippen LogP contribution is 2.29. The van der Waals surface area contributed by atoms with Gasteiger partial charge in [0.15, 0.2) is 5.60 Å². The quantitative estimate of drug-likeness (QED) is 0.483. The van der Waals surface area contributed by atoms with E-state index in [9.17, 15) is 19.1 Å². The minimum atomic E-state index is -1.77. The van der Waals surface area contributed by atoms with Crippen LogP contribution in [0.2, 0.25) is 5.02 Å². The average molecular weight is 533 g/mol. The number of nitrogens with one attached hydrogen (secondary N) is 1. The molecule has 2 fully saturated rings. The summed E-state index contributed by atoms with van der Waals surface area (Å²) < 4.78 is 13.6. The van der Waals surface area contributed by atoms with Gasteiger partial charge in [0, 0.05) is 51.5 Å². The van der Waals surface area contributed by atoms with E-state index in [-0.39, 0.29) is 30.7 Å². The largest absolute Gasteiger partial charge is 0.395 e. The van der Waals surface area contributed by atoms with Crippen LogP contribution in [0.25, 0.3) is 0 Å². The van der Waals surface area contributed by atoms with Crippen LogP contribution >= 0.6 is 11.6 Å². The van der Waals surface area contributed by atoms with Gasteiger partial charge in [-0.1, -0.05) is 23.7 Å². The number of anilines is 1. The van der Waals surface area contributed by atoms with Gasteiger partial charge in [0.1, 0.15) is 5.82 Å². The molecule has 8 nitrogen and oxygen atoms in total. The van der Waals surface area contributed by atoms with Crippen molar-refractivity contribution in [3.63, 3.8) is 0 Å². The van der Waals surface area contributed by atoms with Crippen LogP contribution in [0, 0.1) is 5.82 Å². The van der Waals surface area contributed by atoms with E-state index >= 15 is 0 Å². The number of carbonyl (C=O) groups is 2. The lowest BCUT2D eigenvalue weighted by Gasteiger charge is -2.48. The topological polar surface area (TPSA) is 96.4 Å². The normalized spacial score (nSPS) is 18.7. The molecule has 1 atom stereocenters. The molecule has 3 N–H and O–H groups in total. The Morgan fingerprint density at radius 2 is 1.89 bits per heavy atom. The van der Waals surface area contributed by atoms with Crippen molar-refractivity contribution in [1.82, 2.24) is 14.7 Å². The Hall–Kier alpha value is -2.72. The van der Waals surface area contributed by atoms with E-state index in [1.807, 2.05) is 6.07 Å².